The molecule has 0 saturated heterocycles. The molecule has 0 aromatic heterocycles. The van der Waals surface area contributed by atoms with Gasteiger partial charge in [-0.15, -0.1) is 0 Å². The fourth-order valence-corrected chi connectivity index (χ4v) is 2.33. The minimum Gasteiger partial charge on any atom is -0.386 e. The maximum atomic E-state index is 11.4. The number of benzene rings is 1. The van der Waals surface area contributed by atoms with E-state index in [1.54, 1.807) is 7.11 Å². The van der Waals surface area contributed by atoms with Crippen molar-refractivity contribution in [3.05, 3.63) is 28.8 Å². The van der Waals surface area contributed by atoms with E-state index in [-0.39, 0.29) is 12.5 Å². The molecule has 1 aliphatic rings. The summed E-state index contributed by atoms with van der Waals surface area (Å²) in [5.74, 6) is 0.0717. The van der Waals surface area contributed by atoms with Crippen LogP contribution in [-0.2, 0) is 22.4 Å². The van der Waals surface area contributed by atoms with Gasteiger partial charge in [-0.25, -0.2) is 0 Å². The molecule has 1 unspecified atom stereocenters. The molecule has 1 aliphatic heterocycles. The molecule has 0 saturated carbocycles. The number of nitrogens with one attached hydrogen (secondary N) is 1. The Labute approximate surface area is 107 Å². The summed E-state index contributed by atoms with van der Waals surface area (Å²) < 4.78 is 4.97. The molecule has 4 nitrogen and oxygen atoms in total. The van der Waals surface area contributed by atoms with Gasteiger partial charge in [-0.2, -0.15) is 0 Å². The van der Waals surface area contributed by atoms with Gasteiger partial charge in [-0.05, 0) is 29.5 Å². The van der Waals surface area contributed by atoms with Crippen LogP contribution in [0.4, 0.5) is 5.69 Å². The topological polar surface area (TPSA) is 58.6 Å². The van der Waals surface area contributed by atoms with Crippen molar-refractivity contribution in [3.63, 3.8) is 0 Å². The van der Waals surface area contributed by atoms with Crippen molar-refractivity contribution >= 4 is 11.6 Å². The number of aliphatic hydroxyl groups is 1. The van der Waals surface area contributed by atoms with Gasteiger partial charge in [0.2, 0.25) is 5.91 Å². The van der Waals surface area contributed by atoms with Crippen LogP contribution >= 0.6 is 0 Å². The zero-order valence-corrected chi connectivity index (χ0v) is 10.8. The Morgan fingerprint density at radius 2 is 2.22 bits per heavy atom. The van der Waals surface area contributed by atoms with E-state index >= 15 is 0 Å². The molecular weight excluding hydrogens is 230 g/mol. The predicted molar refractivity (Wildman–Crippen MR) is 69.6 cm³/mol. The first-order valence-electron chi connectivity index (χ1n) is 6.28. The maximum Gasteiger partial charge on any atom is 0.224 e. The molecule has 1 atom stereocenters. The van der Waals surface area contributed by atoms with Crippen LogP contribution in [0.1, 0.15) is 36.1 Å². The van der Waals surface area contributed by atoms with Crippen molar-refractivity contribution in [1.82, 2.24) is 0 Å². The van der Waals surface area contributed by atoms with Crippen LogP contribution in [-0.4, -0.2) is 24.7 Å². The molecule has 4 heteroatoms. The zero-order chi connectivity index (χ0) is 13.1. The van der Waals surface area contributed by atoms with E-state index in [0.29, 0.717) is 6.42 Å². The zero-order valence-electron chi connectivity index (χ0n) is 10.8. The molecule has 0 aliphatic carbocycles. The van der Waals surface area contributed by atoms with Crippen molar-refractivity contribution in [2.45, 2.75) is 32.3 Å². The number of aryl methyl sites for hydroxylation is 2. The predicted octanol–water partition coefficient (Wildman–Crippen LogP) is 1.81. The number of hydrogen-bond donors (Lipinski definition) is 2. The summed E-state index contributed by atoms with van der Waals surface area (Å²) in [6, 6.07) is 3.92. The van der Waals surface area contributed by atoms with Crippen molar-refractivity contribution < 1.29 is 14.6 Å². The number of fused-ring (bicyclic) bond motifs is 1. The summed E-state index contributed by atoms with van der Waals surface area (Å²) in [6.07, 6.45) is 1.47. The van der Waals surface area contributed by atoms with Gasteiger partial charge in [-0.1, -0.05) is 19.1 Å². The second-order valence-corrected chi connectivity index (χ2v) is 4.59. The minimum atomic E-state index is -0.608. The van der Waals surface area contributed by atoms with Gasteiger partial charge in [0.15, 0.2) is 0 Å². The molecule has 1 heterocycles. The van der Waals surface area contributed by atoms with Gasteiger partial charge in [0.25, 0.3) is 0 Å². The molecule has 0 fully saturated rings. The average Bonchev–Trinajstić information content (AvgIpc) is 2.37. The molecule has 2 N–H and O–H groups in total. The van der Waals surface area contributed by atoms with E-state index in [1.807, 2.05) is 19.1 Å². The smallest absolute Gasteiger partial charge is 0.224 e. The third-order valence-corrected chi connectivity index (χ3v) is 3.30. The Balaban J connectivity index is 2.38. The highest BCUT2D eigenvalue weighted by molar-refractivity contribution is 5.94. The summed E-state index contributed by atoms with van der Waals surface area (Å²) in [6.45, 7) is 2.33. The standard InChI is InChI=1S/C14H19NO3/c1-3-9-6-11(12(16)8-18-2)7-10-4-5-13(17)15-14(9)10/h6-7,12,16H,3-5,8H2,1-2H3,(H,15,17). The van der Waals surface area contributed by atoms with Crippen molar-refractivity contribution in [2.75, 3.05) is 19.0 Å². The Bertz CT molecular complexity index is 439. The highest BCUT2D eigenvalue weighted by Gasteiger charge is 2.20. The number of rotatable bonds is 4. The van der Waals surface area contributed by atoms with Crippen LogP contribution in [0.2, 0.25) is 0 Å². The SMILES string of the molecule is CCc1cc(C(O)COC)cc2c1NC(=O)CC2. The summed E-state index contributed by atoms with van der Waals surface area (Å²) in [4.78, 5) is 11.4. The van der Waals surface area contributed by atoms with Crippen molar-refractivity contribution in [2.24, 2.45) is 0 Å². The lowest BCUT2D eigenvalue weighted by Crippen LogP contribution is -2.21. The minimum absolute atomic E-state index is 0.0717. The number of aliphatic hydroxyl groups excluding tert-OH is 1. The number of anilines is 1. The van der Waals surface area contributed by atoms with E-state index in [2.05, 4.69) is 5.32 Å². The van der Waals surface area contributed by atoms with E-state index in [4.69, 9.17) is 4.74 Å². The number of ether oxygens (including phenoxy) is 1. The number of methoxy groups -OCH3 is 1. The van der Waals surface area contributed by atoms with Crippen LogP contribution < -0.4 is 5.32 Å². The van der Waals surface area contributed by atoms with Crippen LogP contribution in [0, 0.1) is 0 Å². The Hall–Kier alpha value is -1.39. The van der Waals surface area contributed by atoms with Crippen LogP contribution in [0.5, 0.6) is 0 Å². The molecule has 98 valence electrons. The lowest BCUT2D eigenvalue weighted by atomic mass is 9.93. The Morgan fingerprint density at radius 3 is 2.89 bits per heavy atom. The first kappa shape index (κ1) is 13.1. The lowest BCUT2D eigenvalue weighted by Gasteiger charge is -2.22. The Kier molecular flexibility index (Phi) is 3.99. The van der Waals surface area contributed by atoms with E-state index < -0.39 is 6.10 Å². The van der Waals surface area contributed by atoms with Gasteiger partial charge in [0, 0.05) is 19.2 Å². The molecule has 0 bridgehead atoms. The second kappa shape index (κ2) is 5.50. The highest BCUT2D eigenvalue weighted by Crippen LogP contribution is 2.30. The summed E-state index contributed by atoms with van der Waals surface area (Å²) in [5, 5.41) is 12.9. The molecule has 0 radical (unpaired) electrons. The molecule has 1 aromatic rings. The third kappa shape index (κ3) is 2.54. The number of hydrogen-bond acceptors (Lipinski definition) is 3. The molecule has 18 heavy (non-hydrogen) atoms. The molecule has 1 amide bonds. The molecule has 1 aromatic carbocycles. The summed E-state index contributed by atoms with van der Waals surface area (Å²) in [7, 11) is 1.57. The first-order valence-corrected chi connectivity index (χ1v) is 6.28. The largest absolute Gasteiger partial charge is 0.386 e. The van der Waals surface area contributed by atoms with E-state index in [0.717, 1.165) is 35.2 Å². The number of carbonyl (C=O) groups is 1. The molecular formula is C14H19NO3. The van der Waals surface area contributed by atoms with Crippen molar-refractivity contribution in [3.8, 4) is 0 Å². The van der Waals surface area contributed by atoms with Gasteiger partial charge in [0.05, 0.1) is 6.61 Å². The quantitative estimate of drug-likeness (QED) is 0.855. The average molecular weight is 249 g/mol. The van der Waals surface area contributed by atoms with E-state index in [9.17, 15) is 9.90 Å². The number of carbonyl (C=O) groups excluding carboxylic acids is 1. The van der Waals surface area contributed by atoms with Crippen LogP contribution in [0.25, 0.3) is 0 Å². The fourth-order valence-electron chi connectivity index (χ4n) is 2.33. The summed E-state index contributed by atoms with van der Waals surface area (Å²) >= 11 is 0. The van der Waals surface area contributed by atoms with Gasteiger partial charge >= 0.3 is 0 Å². The highest BCUT2D eigenvalue weighted by atomic mass is 16.5. The van der Waals surface area contributed by atoms with Crippen molar-refractivity contribution in [1.29, 1.82) is 0 Å². The van der Waals surface area contributed by atoms with Gasteiger partial charge in [-0.3, -0.25) is 4.79 Å². The van der Waals surface area contributed by atoms with Crippen LogP contribution in [0.15, 0.2) is 12.1 Å². The van der Waals surface area contributed by atoms with E-state index in [1.165, 1.54) is 0 Å². The van der Waals surface area contributed by atoms with Gasteiger partial charge in [0.1, 0.15) is 6.10 Å². The lowest BCUT2D eigenvalue weighted by molar-refractivity contribution is -0.116. The second-order valence-electron chi connectivity index (χ2n) is 4.59. The first-order chi connectivity index (χ1) is 8.65. The van der Waals surface area contributed by atoms with Gasteiger partial charge < -0.3 is 15.2 Å². The monoisotopic (exact) mass is 249 g/mol. The van der Waals surface area contributed by atoms with Crippen LogP contribution in [0.3, 0.4) is 0 Å². The number of amides is 1. The summed E-state index contributed by atoms with van der Waals surface area (Å²) in [5.41, 5.74) is 3.98. The fraction of sp³-hybridized carbons (Fsp3) is 0.500. The maximum absolute atomic E-state index is 11.4. The molecule has 0 spiro atoms. The Morgan fingerprint density at radius 1 is 1.44 bits per heavy atom. The normalized spacial score (nSPS) is 16.1. The third-order valence-electron chi connectivity index (χ3n) is 3.30. The molecule has 2 rings (SSSR count).